The van der Waals surface area contributed by atoms with Crippen LogP contribution in [-0.4, -0.2) is 35.3 Å². The second-order valence-electron chi connectivity index (χ2n) is 3.90. The smallest absolute Gasteiger partial charge is 0.359 e. The summed E-state index contributed by atoms with van der Waals surface area (Å²) in [5.74, 6) is -2.75. The third-order valence-electron chi connectivity index (χ3n) is 2.39. The molecule has 0 aliphatic heterocycles. The van der Waals surface area contributed by atoms with E-state index in [0.29, 0.717) is 12.0 Å². The van der Waals surface area contributed by atoms with Crippen molar-refractivity contribution in [3.63, 3.8) is 0 Å². The molecule has 0 bridgehead atoms. The standard InChI is InChI=1S/C13H16N2O5S/c1-3-9-8(5-6-21-9)12(13(19)20-4-2)15-14-10(16)7-11(17)18/h5-6H,3-4,7H2,1-2H3,(H,14,16)(H,17,18)/b15-12+. The first-order valence-corrected chi connectivity index (χ1v) is 7.19. The van der Waals surface area contributed by atoms with Crippen LogP contribution in [0, 0.1) is 0 Å². The van der Waals surface area contributed by atoms with Crippen molar-refractivity contribution in [3.8, 4) is 0 Å². The maximum atomic E-state index is 11.9. The fraction of sp³-hybridized carbons (Fsp3) is 0.385. The van der Waals surface area contributed by atoms with Crippen molar-refractivity contribution in [3.05, 3.63) is 21.9 Å². The van der Waals surface area contributed by atoms with Gasteiger partial charge in [-0.25, -0.2) is 10.2 Å². The number of amides is 1. The second-order valence-corrected chi connectivity index (χ2v) is 4.90. The molecule has 0 aliphatic rings. The lowest BCUT2D eigenvalue weighted by atomic mass is 10.1. The van der Waals surface area contributed by atoms with Crippen LogP contribution in [0.4, 0.5) is 0 Å². The molecule has 1 aromatic heterocycles. The molecule has 1 rings (SSSR count). The van der Waals surface area contributed by atoms with Crippen molar-refractivity contribution in [1.82, 2.24) is 5.43 Å². The van der Waals surface area contributed by atoms with Gasteiger partial charge in [0.25, 0.3) is 5.91 Å². The van der Waals surface area contributed by atoms with Gasteiger partial charge in [0.2, 0.25) is 0 Å². The van der Waals surface area contributed by atoms with Crippen molar-refractivity contribution in [2.75, 3.05) is 6.61 Å². The van der Waals surface area contributed by atoms with Crippen LogP contribution >= 0.6 is 11.3 Å². The van der Waals surface area contributed by atoms with E-state index in [1.807, 2.05) is 12.3 Å². The summed E-state index contributed by atoms with van der Waals surface area (Å²) in [6.07, 6.45) is -0.0155. The largest absolute Gasteiger partial charge is 0.481 e. The van der Waals surface area contributed by atoms with Gasteiger partial charge in [-0.3, -0.25) is 9.59 Å². The summed E-state index contributed by atoms with van der Waals surface area (Å²) in [6.45, 7) is 3.76. The van der Waals surface area contributed by atoms with Gasteiger partial charge in [0.1, 0.15) is 6.42 Å². The van der Waals surface area contributed by atoms with Gasteiger partial charge in [-0.15, -0.1) is 11.3 Å². The van der Waals surface area contributed by atoms with Crippen LogP contribution < -0.4 is 5.43 Å². The summed E-state index contributed by atoms with van der Waals surface area (Å²) in [7, 11) is 0. The maximum absolute atomic E-state index is 11.9. The number of carbonyl (C=O) groups excluding carboxylic acids is 2. The monoisotopic (exact) mass is 312 g/mol. The van der Waals surface area contributed by atoms with Crippen LogP contribution in [0.15, 0.2) is 16.5 Å². The number of hydrazone groups is 1. The first kappa shape index (κ1) is 16.8. The third-order valence-corrected chi connectivity index (χ3v) is 3.46. The minimum Gasteiger partial charge on any atom is -0.481 e. The highest BCUT2D eigenvalue weighted by Gasteiger charge is 2.20. The minimum absolute atomic E-state index is 0.0336. The number of rotatable bonds is 7. The Balaban J connectivity index is 3.00. The average Bonchev–Trinajstić information content (AvgIpc) is 2.86. The number of ether oxygens (including phenoxy) is 1. The van der Waals surface area contributed by atoms with E-state index < -0.39 is 24.3 Å². The third kappa shape index (κ3) is 4.99. The molecule has 0 radical (unpaired) electrons. The Kier molecular flexibility index (Phi) is 6.54. The molecule has 0 atom stereocenters. The summed E-state index contributed by atoms with van der Waals surface area (Å²) < 4.78 is 4.91. The number of thiophene rings is 1. The molecular weight excluding hydrogens is 296 g/mol. The van der Waals surface area contributed by atoms with Gasteiger partial charge in [0, 0.05) is 10.4 Å². The molecule has 114 valence electrons. The van der Waals surface area contributed by atoms with Gasteiger partial charge in [0.05, 0.1) is 6.61 Å². The Morgan fingerprint density at radius 2 is 2.10 bits per heavy atom. The van der Waals surface area contributed by atoms with Crippen molar-refractivity contribution >= 4 is 34.9 Å². The highest BCUT2D eigenvalue weighted by atomic mass is 32.1. The maximum Gasteiger partial charge on any atom is 0.359 e. The van der Waals surface area contributed by atoms with E-state index in [4.69, 9.17) is 9.84 Å². The Morgan fingerprint density at radius 1 is 1.38 bits per heavy atom. The topological polar surface area (TPSA) is 105 Å². The Labute approximate surface area is 125 Å². The first-order valence-electron chi connectivity index (χ1n) is 6.31. The van der Waals surface area contributed by atoms with Crippen LogP contribution in [0.2, 0.25) is 0 Å². The zero-order valence-electron chi connectivity index (χ0n) is 11.7. The molecule has 0 fully saturated rings. The summed E-state index contributed by atoms with van der Waals surface area (Å²) in [4.78, 5) is 34.6. The number of carbonyl (C=O) groups is 3. The van der Waals surface area contributed by atoms with Crippen molar-refractivity contribution in [2.24, 2.45) is 5.10 Å². The summed E-state index contributed by atoms with van der Waals surface area (Å²) >= 11 is 1.46. The number of aryl methyl sites for hydroxylation is 1. The lowest BCUT2D eigenvalue weighted by Crippen LogP contribution is -2.27. The van der Waals surface area contributed by atoms with E-state index >= 15 is 0 Å². The van der Waals surface area contributed by atoms with E-state index in [1.54, 1.807) is 13.0 Å². The Bertz CT molecular complexity index is 565. The van der Waals surface area contributed by atoms with E-state index in [1.165, 1.54) is 11.3 Å². The summed E-state index contributed by atoms with van der Waals surface area (Å²) in [6, 6.07) is 1.71. The first-order chi connectivity index (χ1) is 9.99. The fourth-order valence-corrected chi connectivity index (χ4v) is 2.36. The zero-order valence-corrected chi connectivity index (χ0v) is 12.5. The van der Waals surface area contributed by atoms with E-state index in [2.05, 4.69) is 10.5 Å². The predicted octanol–water partition coefficient (Wildman–Crippen LogP) is 1.17. The molecular formula is C13H16N2O5S. The van der Waals surface area contributed by atoms with Crippen molar-refractivity contribution in [2.45, 2.75) is 26.7 Å². The summed E-state index contributed by atoms with van der Waals surface area (Å²) in [5.41, 5.74) is 2.61. The van der Waals surface area contributed by atoms with Gasteiger partial charge >= 0.3 is 11.9 Å². The molecule has 1 heterocycles. The second kappa shape index (κ2) is 8.15. The molecule has 0 unspecified atom stereocenters. The van der Waals surface area contributed by atoms with E-state index in [-0.39, 0.29) is 12.3 Å². The number of nitrogens with one attached hydrogen (secondary N) is 1. The molecule has 1 aromatic rings. The lowest BCUT2D eigenvalue weighted by Gasteiger charge is -2.07. The lowest BCUT2D eigenvalue weighted by molar-refractivity contribution is -0.140. The van der Waals surface area contributed by atoms with Crippen LogP contribution in [0.5, 0.6) is 0 Å². The molecule has 1 amide bonds. The molecule has 0 saturated heterocycles. The normalized spacial score (nSPS) is 11.0. The van der Waals surface area contributed by atoms with Gasteiger partial charge in [-0.05, 0) is 24.8 Å². The molecule has 7 nitrogen and oxygen atoms in total. The average molecular weight is 312 g/mol. The Hall–Kier alpha value is -2.22. The Morgan fingerprint density at radius 3 is 2.67 bits per heavy atom. The number of esters is 1. The highest BCUT2D eigenvalue weighted by Crippen LogP contribution is 2.18. The molecule has 2 N–H and O–H groups in total. The molecule has 0 aromatic carbocycles. The van der Waals surface area contributed by atoms with Crippen LogP contribution in [0.1, 0.15) is 30.7 Å². The number of aliphatic carboxylic acids is 1. The molecule has 0 aliphatic carbocycles. The molecule has 8 heteroatoms. The quantitative estimate of drug-likeness (QED) is 0.340. The summed E-state index contributed by atoms with van der Waals surface area (Å²) in [5, 5.41) is 14.0. The number of carboxylic acid groups (broad SMARTS) is 1. The van der Waals surface area contributed by atoms with E-state index in [9.17, 15) is 14.4 Å². The van der Waals surface area contributed by atoms with Gasteiger partial charge < -0.3 is 9.84 Å². The van der Waals surface area contributed by atoms with Crippen LogP contribution in [0.25, 0.3) is 0 Å². The SMILES string of the molecule is CCOC(=O)/C(=N/NC(=O)CC(=O)O)c1ccsc1CC. The number of carboxylic acids is 1. The number of nitrogens with zero attached hydrogens (tertiary/aromatic N) is 1. The molecule has 0 saturated carbocycles. The van der Waals surface area contributed by atoms with Crippen LogP contribution in [-0.2, 0) is 25.5 Å². The fourth-order valence-electron chi connectivity index (χ4n) is 1.54. The van der Waals surface area contributed by atoms with Gasteiger partial charge in [0.15, 0.2) is 5.71 Å². The number of hydrogen-bond donors (Lipinski definition) is 2. The predicted molar refractivity (Wildman–Crippen MR) is 77.3 cm³/mol. The van der Waals surface area contributed by atoms with Crippen molar-refractivity contribution < 1.29 is 24.2 Å². The van der Waals surface area contributed by atoms with Crippen LogP contribution in [0.3, 0.4) is 0 Å². The number of hydrogen-bond acceptors (Lipinski definition) is 6. The molecule has 21 heavy (non-hydrogen) atoms. The van der Waals surface area contributed by atoms with Gasteiger partial charge in [-0.1, -0.05) is 6.92 Å². The molecule has 0 spiro atoms. The highest BCUT2D eigenvalue weighted by molar-refractivity contribution is 7.10. The zero-order chi connectivity index (χ0) is 15.8. The minimum atomic E-state index is -1.27. The van der Waals surface area contributed by atoms with Crippen molar-refractivity contribution in [1.29, 1.82) is 0 Å². The van der Waals surface area contributed by atoms with Gasteiger partial charge in [-0.2, -0.15) is 5.10 Å². The van der Waals surface area contributed by atoms with E-state index in [0.717, 1.165) is 4.88 Å².